The summed E-state index contributed by atoms with van der Waals surface area (Å²) in [6.07, 6.45) is 8.18. The van der Waals surface area contributed by atoms with E-state index >= 15 is 0 Å². The SMILES string of the molecule is CC(=O)OCn1cc(-c2ccnc(F)c2)c2cc(-c3cccc(NC(=O)C=CCN(C)C)c3)cnc21. The highest BCUT2D eigenvalue weighted by Crippen LogP contribution is 2.33. The summed E-state index contributed by atoms with van der Waals surface area (Å²) in [6, 6.07) is 12.4. The van der Waals surface area contributed by atoms with E-state index < -0.39 is 11.9 Å². The van der Waals surface area contributed by atoms with Crippen molar-refractivity contribution in [2.45, 2.75) is 13.7 Å². The number of carbonyl (C=O) groups is 2. The number of likely N-dealkylation sites (N-methyl/N-ethyl adjacent to an activating group) is 1. The van der Waals surface area contributed by atoms with Crippen LogP contribution >= 0.6 is 0 Å². The molecule has 0 saturated carbocycles. The second-order valence-corrected chi connectivity index (χ2v) is 8.47. The first-order chi connectivity index (χ1) is 17.3. The van der Waals surface area contributed by atoms with Crippen LogP contribution in [0, 0.1) is 5.95 Å². The van der Waals surface area contributed by atoms with Gasteiger partial charge >= 0.3 is 5.97 Å². The van der Waals surface area contributed by atoms with Gasteiger partial charge in [0, 0.05) is 66.4 Å². The van der Waals surface area contributed by atoms with Crippen LogP contribution in [0.15, 0.2) is 73.2 Å². The molecule has 0 aliphatic heterocycles. The molecular formula is C27H26FN5O3. The summed E-state index contributed by atoms with van der Waals surface area (Å²) in [5.41, 5.74) is 4.24. The van der Waals surface area contributed by atoms with Crippen molar-refractivity contribution in [1.29, 1.82) is 0 Å². The fourth-order valence-corrected chi connectivity index (χ4v) is 3.72. The van der Waals surface area contributed by atoms with E-state index in [-0.39, 0.29) is 12.6 Å². The molecule has 0 radical (unpaired) electrons. The fraction of sp³-hybridized carbons (Fsp3) is 0.185. The third-order valence-corrected chi connectivity index (χ3v) is 5.36. The highest BCUT2D eigenvalue weighted by atomic mass is 19.1. The molecular weight excluding hydrogens is 461 g/mol. The van der Waals surface area contributed by atoms with Crippen LogP contribution < -0.4 is 5.32 Å². The average molecular weight is 488 g/mol. The largest absolute Gasteiger partial charge is 0.444 e. The topological polar surface area (TPSA) is 89.3 Å². The van der Waals surface area contributed by atoms with E-state index in [9.17, 15) is 14.0 Å². The highest BCUT2D eigenvalue weighted by Gasteiger charge is 2.15. The molecule has 1 aromatic carbocycles. The Balaban J connectivity index is 1.69. The van der Waals surface area contributed by atoms with Crippen LogP contribution in [-0.4, -0.2) is 52.0 Å². The van der Waals surface area contributed by atoms with Crippen LogP contribution in [-0.2, 0) is 21.1 Å². The molecule has 0 aliphatic rings. The molecule has 0 unspecified atom stereocenters. The molecule has 3 heterocycles. The zero-order chi connectivity index (χ0) is 25.7. The Hall–Kier alpha value is -4.37. The lowest BCUT2D eigenvalue weighted by Gasteiger charge is -2.08. The predicted octanol–water partition coefficient (Wildman–Crippen LogP) is 4.48. The number of aromatic nitrogens is 3. The third-order valence-electron chi connectivity index (χ3n) is 5.36. The quantitative estimate of drug-likeness (QED) is 0.224. The van der Waals surface area contributed by atoms with Crippen LogP contribution in [0.3, 0.4) is 0 Å². The number of rotatable bonds is 8. The molecule has 0 fully saturated rings. The first-order valence-corrected chi connectivity index (χ1v) is 11.3. The van der Waals surface area contributed by atoms with Gasteiger partial charge in [-0.1, -0.05) is 18.2 Å². The summed E-state index contributed by atoms with van der Waals surface area (Å²) in [5.74, 6) is -1.23. The van der Waals surface area contributed by atoms with E-state index in [2.05, 4.69) is 15.3 Å². The number of pyridine rings is 2. The van der Waals surface area contributed by atoms with E-state index in [0.29, 0.717) is 23.4 Å². The first kappa shape index (κ1) is 24.7. The molecule has 4 rings (SSSR count). The molecule has 4 aromatic rings. The summed E-state index contributed by atoms with van der Waals surface area (Å²) in [5, 5.41) is 3.63. The van der Waals surface area contributed by atoms with E-state index in [4.69, 9.17) is 4.74 Å². The van der Waals surface area contributed by atoms with Crippen LogP contribution in [0.5, 0.6) is 0 Å². The number of hydrogen-bond donors (Lipinski definition) is 1. The molecule has 0 aliphatic carbocycles. The molecule has 3 aromatic heterocycles. The molecule has 36 heavy (non-hydrogen) atoms. The van der Waals surface area contributed by atoms with E-state index in [1.165, 1.54) is 25.3 Å². The number of ether oxygens (including phenoxy) is 1. The molecule has 9 heteroatoms. The Morgan fingerprint density at radius 1 is 1.11 bits per heavy atom. The molecule has 8 nitrogen and oxygen atoms in total. The van der Waals surface area contributed by atoms with Crippen molar-refractivity contribution < 1.29 is 18.7 Å². The van der Waals surface area contributed by atoms with Crippen LogP contribution in [0.25, 0.3) is 33.3 Å². The maximum atomic E-state index is 13.9. The number of anilines is 1. The molecule has 1 N–H and O–H groups in total. The molecule has 0 spiro atoms. The van der Waals surface area contributed by atoms with E-state index in [1.807, 2.05) is 49.3 Å². The standard InChI is InChI=1S/C27H26FN5O3/c1-18(34)36-17-33-16-24(20-9-10-29-25(28)14-20)23-13-21(15-30-27(23)33)19-6-4-7-22(12-19)31-26(35)8-5-11-32(2)3/h4-10,12-16H,11,17H2,1-3H3,(H,31,35). The van der Waals surface area contributed by atoms with Crippen LogP contribution in [0.4, 0.5) is 10.1 Å². The Labute approximate surface area is 208 Å². The maximum Gasteiger partial charge on any atom is 0.304 e. The number of esters is 1. The second kappa shape index (κ2) is 10.9. The van der Waals surface area contributed by atoms with Gasteiger partial charge in [-0.2, -0.15) is 4.39 Å². The minimum absolute atomic E-state index is 0.0192. The normalized spacial score (nSPS) is 11.4. The Morgan fingerprint density at radius 3 is 2.69 bits per heavy atom. The molecule has 184 valence electrons. The van der Waals surface area contributed by atoms with Crippen molar-refractivity contribution in [2.24, 2.45) is 0 Å². The van der Waals surface area contributed by atoms with Gasteiger partial charge in [0.05, 0.1) is 0 Å². The Morgan fingerprint density at radius 2 is 1.94 bits per heavy atom. The summed E-state index contributed by atoms with van der Waals surface area (Å²) >= 11 is 0. The van der Waals surface area contributed by atoms with Crippen molar-refractivity contribution in [1.82, 2.24) is 19.4 Å². The summed E-state index contributed by atoms with van der Waals surface area (Å²) < 4.78 is 20.7. The Bertz CT molecular complexity index is 1440. The summed E-state index contributed by atoms with van der Waals surface area (Å²) in [4.78, 5) is 33.8. The minimum Gasteiger partial charge on any atom is -0.444 e. The maximum absolute atomic E-state index is 13.9. The van der Waals surface area contributed by atoms with E-state index in [1.54, 1.807) is 29.1 Å². The van der Waals surface area contributed by atoms with Crippen molar-refractivity contribution in [3.8, 4) is 22.3 Å². The van der Waals surface area contributed by atoms with Crippen molar-refractivity contribution in [2.75, 3.05) is 26.0 Å². The van der Waals surface area contributed by atoms with Gasteiger partial charge < -0.3 is 15.0 Å². The number of benzene rings is 1. The first-order valence-electron chi connectivity index (χ1n) is 11.3. The van der Waals surface area contributed by atoms with Gasteiger partial charge in [-0.05, 0) is 49.5 Å². The predicted molar refractivity (Wildman–Crippen MR) is 136 cm³/mol. The summed E-state index contributed by atoms with van der Waals surface area (Å²) in [7, 11) is 3.86. The minimum atomic E-state index is -0.597. The molecule has 0 saturated heterocycles. The van der Waals surface area contributed by atoms with Gasteiger partial charge in [-0.15, -0.1) is 0 Å². The summed E-state index contributed by atoms with van der Waals surface area (Å²) in [6.45, 7) is 1.98. The van der Waals surface area contributed by atoms with Crippen molar-refractivity contribution in [3.05, 3.63) is 79.2 Å². The van der Waals surface area contributed by atoms with Gasteiger partial charge in [0.1, 0.15) is 5.65 Å². The van der Waals surface area contributed by atoms with Gasteiger partial charge in [-0.3, -0.25) is 14.2 Å². The van der Waals surface area contributed by atoms with Crippen LogP contribution in [0.1, 0.15) is 6.92 Å². The number of amides is 1. The number of nitrogens with zero attached hydrogens (tertiary/aromatic N) is 4. The zero-order valence-electron chi connectivity index (χ0n) is 20.2. The fourth-order valence-electron chi connectivity index (χ4n) is 3.72. The lowest BCUT2D eigenvalue weighted by atomic mass is 10.0. The number of fused-ring (bicyclic) bond motifs is 1. The van der Waals surface area contributed by atoms with Crippen molar-refractivity contribution in [3.63, 3.8) is 0 Å². The third kappa shape index (κ3) is 6.00. The number of carbonyl (C=O) groups excluding carboxylic acids is 2. The number of halogens is 1. The monoisotopic (exact) mass is 487 g/mol. The smallest absolute Gasteiger partial charge is 0.304 e. The number of nitrogens with one attached hydrogen (secondary N) is 1. The zero-order valence-corrected chi connectivity index (χ0v) is 20.2. The lowest BCUT2D eigenvalue weighted by Crippen LogP contribution is -2.12. The average Bonchev–Trinajstić information content (AvgIpc) is 3.20. The number of hydrogen-bond acceptors (Lipinski definition) is 6. The molecule has 0 bridgehead atoms. The van der Waals surface area contributed by atoms with Crippen LogP contribution in [0.2, 0.25) is 0 Å². The van der Waals surface area contributed by atoms with Crippen molar-refractivity contribution >= 4 is 28.6 Å². The highest BCUT2D eigenvalue weighted by molar-refractivity contribution is 6.00. The van der Waals surface area contributed by atoms with Gasteiger partial charge in [0.15, 0.2) is 6.73 Å². The molecule has 1 amide bonds. The lowest BCUT2D eigenvalue weighted by molar-refractivity contribution is -0.144. The Kier molecular flexibility index (Phi) is 7.50. The van der Waals surface area contributed by atoms with Gasteiger partial charge in [0.25, 0.3) is 0 Å². The van der Waals surface area contributed by atoms with Gasteiger partial charge in [-0.25, -0.2) is 9.97 Å². The van der Waals surface area contributed by atoms with Gasteiger partial charge in [0.2, 0.25) is 11.9 Å². The second-order valence-electron chi connectivity index (χ2n) is 8.47. The molecule has 0 atom stereocenters. The van der Waals surface area contributed by atoms with E-state index in [0.717, 1.165) is 22.1 Å².